The second kappa shape index (κ2) is 8.61. The lowest BCUT2D eigenvalue weighted by Crippen LogP contribution is -1.92. The Kier molecular flexibility index (Phi) is 8.25. The maximum absolute atomic E-state index is 5.49. The van der Waals surface area contributed by atoms with E-state index in [1.54, 1.807) is 0 Å². The van der Waals surface area contributed by atoms with Crippen LogP contribution in [0, 0.1) is 5.92 Å². The number of hydrogen-bond donors (Lipinski definition) is 0. The van der Waals surface area contributed by atoms with E-state index in [1.807, 2.05) is 18.2 Å². The quantitative estimate of drug-likeness (QED) is 0.415. The van der Waals surface area contributed by atoms with Crippen LogP contribution in [-0.2, 0) is 0 Å². The third-order valence-electron chi connectivity index (χ3n) is 1.76. The fourth-order valence-corrected chi connectivity index (χ4v) is 1.16. The van der Waals surface area contributed by atoms with E-state index in [4.69, 9.17) is 11.6 Å². The number of allylic oxidation sites excluding steroid dienone is 4. The molecule has 0 saturated carbocycles. The van der Waals surface area contributed by atoms with Gasteiger partial charge in [-0.25, -0.2) is 0 Å². The Balaban J connectivity index is 3.50. The molecule has 0 saturated heterocycles. The van der Waals surface area contributed by atoms with Crippen molar-refractivity contribution in [1.29, 1.82) is 0 Å². The summed E-state index contributed by atoms with van der Waals surface area (Å²) in [5, 5.41) is 0. The van der Waals surface area contributed by atoms with Crippen LogP contribution in [-0.4, -0.2) is 5.88 Å². The molecular formula is C11H17Cl. The Bertz CT molecular complexity index is 147. The van der Waals surface area contributed by atoms with Crippen molar-refractivity contribution in [2.24, 2.45) is 5.92 Å². The lowest BCUT2D eigenvalue weighted by molar-refractivity contribution is 0.608. The normalized spacial score (nSPS) is 13.1. The highest BCUT2D eigenvalue weighted by Gasteiger charge is 1.98. The third-order valence-corrected chi connectivity index (χ3v) is 1.94. The van der Waals surface area contributed by atoms with Gasteiger partial charge in [-0.2, -0.15) is 0 Å². The Labute approximate surface area is 80.6 Å². The summed E-state index contributed by atoms with van der Waals surface area (Å²) in [7, 11) is 0. The van der Waals surface area contributed by atoms with E-state index in [2.05, 4.69) is 19.2 Å². The highest BCUT2D eigenvalue weighted by Crippen LogP contribution is 2.12. The number of halogens is 1. The number of rotatable bonds is 7. The molecule has 68 valence electrons. The summed E-state index contributed by atoms with van der Waals surface area (Å²) in [6, 6.07) is 0. The molecule has 12 heavy (non-hydrogen) atoms. The van der Waals surface area contributed by atoms with E-state index in [-0.39, 0.29) is 0 Å². The minimum atomic E-state index is 0.572. The van der Waals surface area contributed by atoms with Crippen LogP contribution in [0.2, 0.25) is 0 Å². The summed E-state index contributed by atoms with van der Waals surface area (Å²) < 4.78 is 0. The van der Waals surface area contributed by atoms with Gasteiger partial charge in [0.05, 0.1) is 0 Å². The molecule has 0 nitrogen and oxygen atoms in total. The standard InChI is InChI=1S/C11H17Cl/c1-3-8-11(4-2)9-6-5-7-10-12/h3-5,7,11H,1-2,6,8-10H2/b7-5+. The van der Waals surface area contributed by atoms with E-state index in [0.29, 0.717) is 11.8 Å². The summed E-state index contributed by atoms with van der Waals surface area (Å²) >= 11 is 5.49. The third kappa shape index (κ3) is 6.23. The summed E-state index contributed by atoms with van der Waals surface area (Å²) in [5.41, 5.74) is 0. The summed E-state index contributed by atoms with van der Waals surface area (Å²) in [5.74, 6) is 1.18. The fourth-order valence-electron chi connectivity index (χ4n) is 1.04. The first-order valence-corrected chi connectivity index (χ1v) is 4.83. The van der Waals surface area contributed by atoms with Crippen molar-refractivity contribution in [1.82, 2.24) is 0 Å². The topological polar surface area (TPSA) is 0 Å². The maximum atomic E-state index is 5.49. The molecular weight excluding hydrogens is 168 g/mol. The minimum absolute atomic E-state index is 0.572. The molecule has 0 aromatic carbocycles. The van der Waals surface area contributed by atoms with Crippen molar-refractivity contribution >= 4 is 11.6 Å². The second-order valence-corrected chi connectivity index (χ2v) is 3.03. The maximum Gasteiger partial charge on any atom is 0.0404 e. The van der Waals surface area contributed by atoms with Crippen molar-refractivity contribution in [2.45, 2.75) is 19.3 Å². The predicted octanol–water partition coefficient (Wildman–Crippen LogP) is 3.94. The first-order chi connectivity index (χ1) is 5.85. The largest absolute Gasteiger partial charge is 0.122 e. The van der Waals surface area contributed by atoms with Gasteiger partial charge in [-0.15, -0.1) is 24.8 Å². The SMILES string of the molecule is C=CCC(C=C)CC/C=C/CCl. The van der Waals surface area contributed by atoms with Gasteiger partial charge < -0.3 is 0 Å². The van der Waals surface area contributed by atoms with Crippen LogP contribution < -0.4 is 0 Å². The van der Waals surface area contributed by atoms with Gasteiger partial charge in [-0.3, -0.25) is 0 Å². The molecule has 0 bridgehead atoms. The van der Waals surface area contributed by atoms with Gasteiger partial charge in [0.15, 0.2) is 0 Å². The molecule has 0 aromatic heterocycles. The van der Waals surface area contributed by atoms with Crippen molar-refractivity contribution in [3.63, 3.8) is 0 Å². The highest BCUT2D eigenvalue weighted by molar-refractivity contribution is 6.18. The monoisotopic (exact) mass is 184 g/mol. The molecule has 0 rings (SSSR count). The van der Waals surface area contributed by atoms with Gasteiger partial charge in [0, 0.05) is 5.88 Å². The van der Waals surface area contributed by atoms with Crippen LogP contribution >= 0.6 is 11.6 Å². The molecule has 0 spiro atoms. The molecule has 1 atom stereocenters. The molecule has 0 aliphatic carbocycles. The van der Waals surface area contributed by atoms with Gasteiger partial charge in [0.25, 0.3) is 0 Å². The van der Waals surface area contributed by atoms with Crippen LogP contribution in [0.4, 0.5) is 0 Å². The molecule has 0 heterocycles. The van der Waals surface area contributed by atoms with Gasteiger partial charge >= 0.3 is 0 Å². The molecule has 1 heteroatoms. The molecule has 0 radical (unpaired) electrons. The van der Waals surface area contributed by atoms with Crippen LogP contribution in [0.3, 0.4) is 0 Å². The average Bonchev–Trinajstić information content (AvgIpc) is 2.10. The molecule has 0 aromatic rings. The van der Waals surface area contributed by atoms with Gasteiger partial charge in [0.1, 0.15) is 0 Å². The average molecular weight is 185 g/mol. The molecule has 1 unspecified atom stereocenters. The second-order valence-electron chi connectivity index (χ2n) is 2.72. The molecule has 0 N–H and O–H groups in total. The van der Waals surface area contributed by atoms with E-state index in [1.165, 1.54) is 0 Å². The van der Waals surface area contributed by atoms with Crippen molar-refractivity contribution in [3.8, 4) is 0 Å². The Morgan fingerprint density at radius 3 is 2.50 bits per heavy atom. The summed E-state index contributed by atoms with van der Waals surface area (Å²) in [6.45, 7) is 7.49. The van der Waals surface area contributed by atoms with Crippen molar-refractivity contribution in [2.75, 3.05) is 5.88 Å². The highest BCUT2D eigenvalue weighted by atomic mass is 35.5. The number of alkyl halides is 1. The molecule has 0 aliphatic rings. The Morgan fingerprint density at radius 2 is 2.00 bits per heavy atom. The zero-order valence-corrected chi connectivity index (χ0v) is 8.26. The fraction of sp³-hybridized carbons (Fsp3) is 0.455. The van der Waals surface area contributed by atoms with Gasteiger partial charge in [-0.05, 0) is 25.2 Å². The lowest BCUT2D eigenvalue weighted by atomic mass is 10.00. The van der Waals surface area contributed by atoms with E-state index >= 15 is 0 Å². The van der Waals surface area contributed by atoms with Crippen LogP contribution in [0.5, 0.6) is 0 Å². The zero-order valence-electron chi connectivity index (χ0n) is 7.51. The van der Waals surface area contributed by atoms with E-state index in [9.17, 15) is 0 Å². The van der Waals surface area contributed by atoms with E-state index < -0.39 is 0 Å². The van der Waals surface area contributed by atoms with Crippen molar-refractivity contribution in [3.05, 3.63) is 37.5 Å². The molecule has 0 amide bonds. The summed E-state index contributed by atoms with van der Waals surface area (Å²) in [6.07, 6.45) is 11.3. The van der Waals surface area contributed by atoms with Crippen LogP contribution in [0.25, 0.3) is 0 Å². The lowest BCUT2D eigenvalue weighted by Gasteiger charge is -2.06. The number of hydrogen-bond acceptors (Lipinski definition) is 0. The first kappa shape index (κ1) is 11.5. The smallest absolute Gasteiger partial charge is 0.0404 e. The Hall–Kier alpha value is -0.490. The zero-order chi connectivity index (χ0) is 9.23. The van der Waals surface area contributed by atoms with E-state index in [0.717, 1.165) is 19.3 Å². The van der Waals surface area contributed by atoms with Crippen molar-refractivity contribution < 1.29 is 0 Å². The first-order valence-electron chi connectivity index (χ1n) is 4.29. The Morgan fingerprint density at radius 1 is 1.25 bits per heavy atom. The summed E-state index contributed by atoms with van der Waals surface area (Å²) in [4.78, 5) is 0. The van der Waals surface area contributed by atoms with Gasteiger partial charge in [-0.1, -0.05) is 24.3 Å². The molecule has 0 fully saturated rings. The van der Waals surface area contributed by atoms with Gasteiger partial charge in [0.2, 0.25) is 0 Å². The minimum Gasteiger partial charge on any atom is -0.122 e. The van der Waals surface area contributed by atoms with Crippen LogP contribution in [0.1, 0.15) is 19.3 Å². The molecule has 0 aliphatic heterocycles. The predicted molar refractivity (Wildman–Crippen MR) is 57.6 cm³/mol. The van der Waals surface area contributed by atoms with Crippen LogP contribution in [0.15, 0.2) is 37.5 Å².